The Morgan fingerprint density at radius 3 is 2.20 bits per heavy atom. The van der Waals surface area contributed by atoms with Crippen molar-refractivity contribution in [2.24, 2.45) is 0 Å². The third-order valence-electron chi connectivity index (χ3n) is 4.70. The Bertz CT molecular complexity index is 949. The molecule has 124 valence electrons. The number of carbonyl (C=O) groups is 1. The van der Waals surface area contributed by atoms with Gasteiger partial charge in [0.1, 0.15) is 11.3 Å². The smallest absolute Gasteiger partial charge is 0.319 e. The average Bonchev–Trinajstić information content (AvgIpc) is 2.66. The molecule has 0 radical (unpaired) electrons. The Labute approximate surface area is 150 Å². The lowest BCUT2D eigenvalue weighted by Crippen LogP contribution is -2.26. The van der Waals surface area contributed by atoms with E-state index in [2.05, 4.69) is 18.2 Å². The Morgan fingerprint density at radius 2 is 1.64 bits per heavy atom. The SMILES string of the molecule is N#Cc1c2ccccc2c(CSC2CCCOC2=O)c2ccccc12. The van der Waals surface area contributed by atoms with Crippen LogP contribution in [0.25, 0.3) is 21.5 Å². The molecular formula is C21H17NO2S. The number of nitriles is 1. The summed E-state index contributed by atoms with van der Waals surface area (Å²) in [6.45, 7) is 0.540. The molecule has 4 heteroatoms. The van der Waals surface area contributed by atoms with Crippen molar-refractivity contribution in [2.45, 2.75) is 23.8 Å². The van der Waals surface area contributed by atoms with Crippen molar-refractivity contribution in [1.29, 1.82) is 5.26 Å². The van der Waals surface area contributed by atoms with E-state index in [-0.39, 0.29) is 11.2 Å². The van der Waals surface area contributed by atoms with Gasteiger partial charge in [0.2, 0.25) is 0 Å². The topological polar surface area (TPSA) is 50.1 Å². The highest BCUT2D eigenvalue weighted by Crippen LogP contribution is 2.36. The number of hydrogen-bond acceptors (Lipinski definition) is 4. The van der Waals surface area contributed by atoms with Crippen molar-refractivity contribution in [3.63, 3.8) is 0 Å². The van der Waals surface area contributed by atoms with Gasteiger partial charge in [0.05, 0.1) is 12.2 Å². The van der Waals surface area contributed by atoms with E-state index in [0.29, 0.717) is 6.61 Å². The van der Waals surface area contributed by atoms with Crippen LogP contribution in [0.1, 0.15) is 24.0 Å². The van der Waals surface area contributed by atoms with Crippen LogP contribution in [0, 0.1) is 11.3 Å². The monoisotopic (exact) mass is 347 g/mol. The molecule has 0 aliphatic carbocycles. The predicted molar refractivity (Wildman–Crippen MR) is 101 cm³/mol. The number of fused-ring (bicyclic) bond motifs is 2. The fourth-order valence-corrected chi connectivity index (χ4v) is 4.70. The van der Waals surface area contributed by atoms with Gasteiger partial charge in [0.25, 0.3) is 0 Å². The maximum atomic E-state index is 12.0. The molecular weight excluding hydrogens is 330 g/mol. The van der Waals surface area contributed by atoms with E-state index in [4.69, 9.17) is 4.74 Å². The number of carbonyl (C=O) groups excluding carboxylic acids is 1. The zero-order chi connectivity index (χ0) is 17.2. The van der Waals surface area contributed by atoms with E-state index in [1.165, 1.54) is 5.56 Å². The van der Waals surface area contributed by atoms with Crippen LogP contribution >= 0.6 is 11.8 Å². The lowest BCUT2D eigenvalue weighted by molar-refractivity contribution is -0.145. The first-order chi connectivity index (χ1) is 12.3. The molecule has 1 heterocycles. The van der Waals surface area contributed by atoms with Crippen LogP contribution in [-0.2, 0) is 15.3 Å². The molecule has 1 saturated heterocycles. The molecule has 3 nitrogen and oxygen atoms in total. The molecule has 0 saturated carbocycles. The zero-order valence-electron chi connectivity index (χ0n) is 13.7. The zero-order valence-corrected chi connectivity index (χ0v) is 14.5. The van der Waals surface area contributed by atoms with Gasteiger partial charge in [-0.3, -0.25) is 4.79 Å². The third kappa shape index (κ3) is 2.85. The maximum absolute atomic E-state index is 12.0. The molecule has 3 aromatic rings. The lowest BCUT2D eigenvalue weighted by Gasteiger charge is -2.21. The summed E-state index contributed by atoms with van der Waals surface area (Å²) in [4.78, 5) is 12.0. The molecule has 1 aliphatic heterocycles. The first-order valence-electron chi connectivity index (χ1n) is 8.40. The van der Waals surface area contributed by atoms with Crippen molar-refractivity contribution in [2.75, 3.05) is 6.61 Å². The first kappa shape index (κ1) is 16.0. The van der Waals surface area contributed by atoms with Crippen molar-refractivity contribution >= 4 is 39.3 Å². The van der Waals surface area contributed by atoms with Crippen LogP contribution in [0.5, 0.6) is 0 Å². The molecule has 4 rings (SSSR count). The molecule has 1 fully saturated rings. The molecule has 0 amide bonds. The number of ether oxygens (including phenoxy) is 1. The third-order valence-corrected chi connectivity index (χ3v) is 5.99. The number of cyclic esters (lactones) is 1. The second kappa shape index (κ2) is 6.78. The summed E-state index contributed by atoms with van der Waals surface area (Å²) in [7, 11) is 0. The van der Waals surface area contributed by atoms with Crippen LogP contribution in [-0.4, -0.2) is 17.8 Å². The van der Waals surface area contributed by atoms with Crippen molar-refractivity contribution in [3.8, 4) is 6.07 Å². The number of nitrogens with zero attached hydrogens (tertiary/aromatic N) is 1. The van der Waals surface area contributed by atoms with Crippen LogP contribution < -0.4 is 0 Å². The van der Waals surface area contributed by atoms with Gasteiger partial charge in [0.15, 0.2) is 0 Å². The van der Waals surface area contributed by atoms with E-state index in [1.807, 2.05) is 36.4 Å². The molecule has 0 aromatic heterocycles. The maximum Gasteiger partial charge on any atom is 0.319 e. The van der Waals surface area contributed by atoms with Gasteiger partial charge in [-0.05, 0) is 29.2 Å². The molecule has 1 unspecified atom stereocenters. The second-order valence-corrected chi connectivity index (χ2v) is 7.36. The number of esters is 1. The minimum atomic E-state index is -0.0986. The van der Waals surface area contributed by atoms with Gasteiger partial charge < -0.3 is 4.74 Å². The fraction of sp³-hybridized carbons (Fsp3) is 0.238. The van der Waals surface area contributed by atoms with Crippen molar-refractivity contribution < 1.29 is 9.53 Å². The van der Waals surface area contributed by atoms with Crippen LogP contribution in [0.3, 0.4) is 0 Å². The van der Waals surface area contributed by atoms with Gasteiger partial charge in [-0.1, -0.05) is 48.5 Å². The van der Waals surface area contributed by atoms with E-state index < -0.39 is 0 Å². The lowest BCUT2D eigenvalue weighted by atomic mass is 9.93. The van der Waals surface area contributed by atoms with Crippen LogP contribution in [0.2, 0.25) is 0 Å². The van der Waals surface area contributed by atoms with E-state index in [1.54, 1.807) is 11.8 Å². The number of thioether (sulfide) groups is 1. The normalized spacial score (nSPS) is 17.4. The second-order valence-electron chi connectivity index (χ2n) is 6.17. The molecule has 25 heavy (non-hydrogen) atoms. The Kier molecular flexibility index (Phi) is 4.33. The summed E-state index contributed by atoms with van der Waals surface area (Å²) in [5.74, 6) is 0.630. The number of hydrogen-bond donors (Lipinski definition) is 0. The Balaban J connectivity index is 1.84. The minimum Gasteiger partial charge on any atom is -0.465 e. The van der Waals surface area contributed by atoms with Crippen molar-refractivity contribution in [3.05, 3.63) is 59.7 Å². The highest BCUT2D eigenvalue weighted by Gasteiger charge is 2.25. The van der Waals surface area contributed by atoms with Gasteiger partial charge in [-0.25, -0.2) is 0 Å². The molecule has 0 spiro atoms. The standard InChI is InChI=1S/C21H17NO2S/c22-12-18-14-6-1-3-8-16(14)19(17-9-4-2-7-15(17)18)13-25-20-10-5-11-24-21(20)23/h1-4,6-9,20H,5,10-11,13H2. The van der Waals surface area contributed by atoms with Gasteiger partial charge in [-0.15, -0.1) is 11.8 Å². The highest BCUT2D eigenvalue weighted by molar-refractivity contribution is 7.99. The summed E-state index contributed by atoms with van der Waals surface area (Å²) in [5, 5.41) is 13.7. The van der Waals surface area contributed by atoms with E-state index in [9.17, 15) is 10.1 Å². The van der Waals surface area contributed by atoms with E-state index in [0.717, 1.165) is 45.7 Å². The van der Waals surface area contributed by atoms with Gasteiger partial charge >= 0.3 is 5.97 Å². The minimum absolute atomic E-state index is 0.0954. The molecule has 1 atom stereocenters. The van der Waals surface area contributed by atoms with E-state index >= 15 is 0 Å². The molecule has 0 bridgehead atoms. The Hall–Kier alpha value is -2.51. The van der Waals surface area contributed by atoms with Crippen LogP contribution in [0.4, 0.5) is 0 Å². The average molecular weight is 347 g/mol. The fourth-order valence-electron chi connectivity index (χ4n) is 3.48. The van der Waals surface area contributed by atoms with Gasteiger partial charge in [-0.2, -0.15) is 5.26 Å². The number of benzene rings is 3. The van der Waals surface area contributed by atoms with Crippen LogP contribution in [0.15, 0.2) is 48.5 Å². The summed E-state index contributed by atoms with van der Waals surface area (Å²) >= 11 is 1.64. The summed E-state index contributed by atoms with van der Waals surface area (Å²) in [5.41, 5.74) is 1.91. The summed E-state index contributed by atoms with van der Waals surface area (Å²) < 4.78 is 5.19. The predicted octanol–water partition coefficient (Wildman–Crippen LogP) is 4.80. The molecule has 3 aromatic carbocycles. The highest BCUT2D eigenvalue weighted by atomic mass is 32.2. The Morgan fingerprint density at radius 1 is 1.04 bits per heavy atom. The first-order valence-corrected chi connectivity index (χ1v) is 9.45. The van der Waals surface area contributed by atoms with Crippen molar-refractivity contribution in [1.82, 2.24) is 0 Å². The van der Waals surface area contributed by atoms with Gasteiger partial charge in [0, 0.05) is 16.5 Å². The number of rotatable bonds is 3. The summed E-state index contributed by atoms with van der Waals surface area (Å²) in [6.07, 6.45) is 1.80. The largest absolute Gasteiger partial charge is 0.465 e. The quantitative estimate of drug-likeness (QED) is 0.504. The molecule has 1 aliphatic rings. The summed E-state index contributed by atoms with van der Waals surface area (Å²) in [6, 6.07) is 18.4. The molecule has 0 N–H and O–H groups in total.